The van der Waals surface area contributed by atoms with Gasteiger partial charge in [0, 0.05) is 19.6 Å². The second kappa shape index (κ2) is 8.87. The number of urea groups is 1. The highest BCUT2D eigenvalue weighted by Gasteiger charge is 2.30. The number of ether oxygens (including phenoxy) is 1. The summed E-state index contributed by atoms with van der Waals surface area (Å²) >= 11 is 0. The lowest BCUT2D eigenvalue weighted by atomic mass is 10.0. The number of nitrogens with zero attached hydrogens (tertiary/aromatic N) is 1. The number of aliphatic carboxylic acids is 1. The number of nitrogens with one attached hydrogen (secondary N) is 1. The molecule has 1 aliphatic rings. The molecule has 0 radical (unpaired) electrons. The molecule has 0 aliphatic carbocycles. The number of carboxylic acid groups (broad SMARTS) is 1. The molecule has 6 heteroatoms. The summed E-state index contributed by atoms with van der Waals surface area (Å²) in [7, 11) is 0. The lowest BCUT2D eigenvalue weighted by Crippen LogP contribution is -2.44. The molecule has 0 aromatic heterocycles. The van der Waals surface area contributed by atoms with Crippen LogP contribution in [0, 0.1) is 5.92 Å². The summed E-state index contributed by atoms with van der Waals surface area (Å²) in [5, 5.41) is 11.7. The average molecular weight is 300 g/mol. The molecular weight excluding hydrogens is 272 g/mol. The first-order chi connectivity index (χ1) is 10.0. The molecule has 122 valence electrons. The van der Waals surface area contributed by atoms with Gasteiger partial charge in [0.15, 0.2) is 6.10 Å². The highest BCUT2D eigenvalue weighted by atomic mass is 16.5. The molecule has 0 aromatic carbocycles. The maximum Gasteiger partial charge on any atom is 0.332 e. The van der Waals surface area contributed by atoms with Gasteiger partial charge in [-0.1, -0.05) is 26.7 Å². The van der Waals surface area contributed by atoms with Gasteiger partial charge in [0.1, 0.15) is 0 Å². The third-order valence-electron chi connectivity index (χ3n) is 4.17. The number of hydrogen-bond donors (Lipinski definition) is 2. The maximum atomic E-state index is 12.2. The smallest absolute Gasteiger partial charge is 0.332 e. The zero-order chi connectivity index (χ0) is 15.8. The zero-order valence-corrected chi connectivity index (χ0v) is 13.3. The molecular formula is C15H28N2O4. The van der Waals surface area contributed by atoms with Crippen LogP contribution in [-0.4, -0.2) is 53.8 Å². The van der Waals surface area contributed by atoms with E-state index in [0.29, 0.717) is 31.8 Å². The Morgan fingerprint density at radius 2 is 1.95 bits per heavy atom. The second-order valence-electron chi connectivity index (χ2n) is 5.57. The Balaban J connectivity index is 2.36. The van der Waals surface area contributed by atoms with Crippen molar-refractivity contribution < 1.29 is 19.4 Å². The minimum absolute atomic E-state index is 0.0909. The van der Waals surface area contributed by atoms with Crippen molar-refractivity contribution in [3.8, 4) is 0 Å². The van der Waals surface area contributed by atoms with Crippen molar-refractivity contribution in [1.29, 1.82) is 0 Å². The summed E-state index contributed by atoms with van der Waals surface area (Å²) in [5.74, 6) is -0.400. The molecule has 21 heavy (non-hydrogen) atoms. The van der Waals surface area contributed by atoms with Gasteiger partial charge in [-0.15, -0.1) is 0 Å². The summed E-state index contributed by atoms with van der Waals surface area (Å²) in [6, 6.07) is -0.0909. The van der Waals surface area contributed by atoms with E-state index in [1.807, 2.05) is 6.92 Å². The van der Waals surface area contributed by atoms with Crippen LogP contribution in [0.3, 0.4) is 0 Å². The molecule has 1 aliphatic heterocycles. The molecule has 1 saturated heterocycles. The van der Waals surface area contributed by atoms with Crippen molar-refractivity contribution in [2.45, 2.75) is 58.7 Å². The van der Waals surface area contributed by atoms with Crippen LogP contribution in [0.1, 0.15) is 46.5 Å². The Labute approximate surface area is 126 Å². The van der Waals surface area contributed by atoms with E-state index in [2.05, 4.69) is 19.2 Å². The van der Waals surface area contributed by atoms with Crippen LogP contribution < -0.4 is 5.32 Å². The summed E-state index contributed by atoms with van der Waals surface area (Å²) in [6.07, 6.45) is 2.40. The quantitative estimate of drug-likeness (QED) is 0.719. The fourth-order valence-electron chi connectivity index (χ4n) is 2.56. The average Bonchev–Trinajstić information content (AvgIpc) is 2.95. The Morgan fingerprint density at radius 1 is 1.29 bits per heavy atom. The number of rotatable bonds is 8. The van der Waals surface area contributed by atoms with Crippen molar-refractivity contribution in [3.05, 3.63) is 0 Å². The molecule has 2 N–H and O–H groups in total. The van der Waals surface area contributed by atoms with Gasteiger partial charge in [-0.25, -0.2) is 9.59 Å². The summed E-state index contributed by atoms with van der Waals surface area (Å²) in [4.78, 5) is 24.8. The first kappa shape index (κ1) is 17.8. The highest BCUT2D eigenvalue weighted by Crippen LogP contribution is 2.19. The van der Waals surface area contributed by atoms with E-state index in [1.54, 1.807) is 4.90 Å². The molecule has 0 aromatic rings. The van der Waals surface area contributed by atoms with Gasteiger partial charge in [0.25, 0.3) is 0 Å². The predicted octanol–water partition coefficient (Wildman–Crippen LogP) is 2.09. The SMILES string of the molecule is CCC(CC)CN(CC)C(=O)NCC1CCC(C(=O)O)O1. The van der Waals surface area contributed by atoms with Crippen molar-refractivity contribution in [2.24, 2.45) is 5.92 Å². The van der Waals surface area contributed by atoms with Crippen LogP contribution in [0.25, 0.3) is 0 Å². The fourth-order valence-corrected chi connectivity index (χ4v) is 2.56. The number of amides is 2. The number of carboxylic acids is 1. The van der Waals surface area contributed by atoms with Gasteiger partial charge in [-0.3, -0.25) is 0 Å². The standard InChI is InChI=1S/C15H28N2O4/c1-4-11(5-2)10-17(6-3)15(20)16-9-12-7-8-13(21-12)14(18)19/h11-13H,4-10H2,1-3H3,(H,16,20)(H,18,19). The van der Waals surface area contributed by atoms with Crippen LogP contribution in [-0.2, 0) is 9.53 Å². The van der Waals surface area contributed by atoms with Gasteiger partial charge in [-0.05, 0) is 25.7 Å². The zero-order valence-electron chi connectivity index (χ0n) is 13.3. The monoisotopic (exact) mass is 300 g/mol. The van der Waals surface area contributed by atoms with Crippen LogP contribution in [0.2, 0.25) is 0 Å². The molecule has 6 nitrogen and oxygen atoms in total. The summed E-state index contributed by atoms with van der Waals surface area (Å²) in [5.41, 5.74) is 0. The first-order valence-corrected chi connectivity index (χ1v) is 7.92. The third kappa shape index (κ3) is 5.53. The van der Waals surface area contributed by atoms with Gasteiger partial charge in [0.05, 0.1) is 6.10 Å². The third-order valence-corrected chi connectivity index (χ3v) is 4.17. The Morgan fingerprint density at radius 3 is 2.43 bits per heavy atom. The Bertz CT molecular complexity index is 345. The van der Waals surface area contributed by atoms with Crippen molar-refractivity contribution in [3.63, 3.8) is 0 Å². The lowest BCUT2D eigenvalue weighted by molar-refractivity contribution is -0.149. The molecule has 0 saturated carbocycles. The first-order valence-electron chi connectivity index (χ1n) is 7.92. The molecule has 1 fully saturated rings. The minimum atomic E-state index is -0.923. The van der Waals surface area contributed by atoms with Gasteiger partial charge in [0.2, 0.25) is 0 Å². The minimum Gasteiger partial charge on any atom is -0.479 e. The van der Waals surface area contributed by atoms with Gasteiger partial charge >= 0.3 is 12.0 Å². The predicted molar refractivity (Wildman–Crippen MR) is 80.2 cm³/mol. The topological polar surface area (TPSA) is 78.9 Å². The van der Waals surface area contributed by atoms with Crippen LogP contribution in [0.15, 0.2) is 0 Å². The normalized spacial score (nSPS) is 21.5. The molecule has 0 spiro atoms. The van der Waals surface area contributed by atoms with Crippen LogP contribution in [0.5, 0.6) is 0 Å². The molecule has 1 heterocycles. The number of carbonyl (C=O) groups excluding carboxylic acids is 1. The van der Waals surface area contributed by atoms with Crippen molar-refractivity contribution in [2.75, 3.05) is 19.6 Å². The largest absolute Gasteiger partial charge is 0.479 e. The Kier molecular flexibility index (Phi) is 7.50. The highest BCUT2D eigenvalue weighted by molar-refractivity contribution is 5.74. The van der Waals surface area contributed by atoms with E-state index in [4.69, 9.17) is 9.84 Å². The lowest BCUT2D eigenvalue weighted by Gasteiger charge is -2.26. The second-order valence-corrected chi connectivity index (χ2v) is 5.57. The fraction of sp³-hybridized carbons (Fsp3) is 0.867. The molecule has 2 atom stereocenters. The van der Waals surface area contributed by atoms with E-state index in [-0.39, 0.29) is 12.1 Å². The molecule has 2 unspecified atom stereocenters. The Hall–Kier alpha value is -1.30. The van der Waals surface area contributed by atoms with E-state index in [9.17, 15) is 9.59 Å². The van der Waals surface area contributed by atoms with E-state index in [1.165, 1.54) is 0 Å². The van der Waals surface area contributed by atoms with E-state index < -0.39 is 12.1 Å². The van der Waals surface area contributed by atoms with Gasteiger partial charge < -0.3 is 20.1 Å². The number of hydrogen-bond acceptors (Lipinski definition) is 3. The number of carbonyl (C=O) groups is 2. The molecule has 0 bridgehead atoms. The van der Waals surface area contributed by atoms with Crippen molar-refractivity contribution in [1.82, 2.24) is 10.2 Å². The van der Waals surface area contributed by atoms with Crippen LogP contribution in [0.4, 0.5) is 4.79 Å². The van der Waals surface area contributed by atoms with E-state index >= 15 is 0 Å². The van der Waals surface area contributed by atoms with E-state index in [0.717, 1.165) is 19.4 Å². The summed E-state index contributed by atoms with van der Waals surface area (Å²) < 4.78 is 5.38. The molecule has 1 rings (SSSR count). The maximum absolute atomic E-state index is 12.2. The molecule has 2 amide bonds. The van der Waals surface area contributed by atoms with Crippen molar-refractivity contribution >= 4 is 12.0 Å². The van der Waals surface area contributed by atoms with Crippen LogP contribution >= 0.6 is 0 Å². The van der Waals surface area contributed by atoms with Gasteiger partial charge in [-0.2, -0.15) is 0 Å². The summed E-state index contributed by atoms with van der Waals surface area (Å²) in [6.45, 7) is 8.05.